The van der Waals surface area contributed by atoms with E-state index in [0.717, 1.165) is 22.3 Å². The number of hydrogen-bond donors (Lipinski definition) is 1. The molecule has 28 heavy (non-hydrogen) atoms. The molecule has 0 atom stereocenters. The molecular weight excluding hydrogens is 355 g/mol. The zero-order valence-corrected chi connectivity index (χ0v) is 15.8. The molecule has 142 valence electrons. The van der Waals surface area contributed by atoms with Crippen molar-refractivity contribution < 1.29 is 9.18 Å². The lowest BCUT2D eigenvalue weighted by molar-refractivity contribution is -0.116. The van der Waals surface area contributed by atoms with Gasteiger partial charge < -0.3 is 9.88 Å². The van der Waals surface area contributed by atoms with Gasteiger partial charge in [0.25, 0.3) is 0 Å². The number of aryl methyl sites for hydroxylation is 3. The first-order chi connectivity index (χ1) is 13.5. The molecule has 0 saturated heterocycles. The average molecular weight is 376 g/mol. The molecule has 0 spiro atoms. The highest BCUT2D eigenvalue weighted by molar-refractivity contribution is 5.91. The minimum Gasteiger partial charge on any atom is -0.347 e. The highest BCUT2D eigenvalue weighted by Crippen LogP contribution is 2.20. The van der Waals surface area contributed by atoms with Gasteiger partial charge in [-0.25, -0.2) is 9.07 Å². The van der Waals surface area contributed by atoms with Gasteiger partial charge in [0.05, 0.1) is 5.69 Å². The Balaban J connectivity index is 1.43. The first-order valence-corrected chi connectivity index (χ1v) is 9.18. The van der Waals surface area contributed by atoms with Crippen LogP contribution in [0.5, 0.6) is 0 Å². The van der Waals surface area contributed by atoms with E-state index < -0.39 is 5.82 Å². The van der Waals surface area contributed by atoms with Crippen molar-refractivity contribution in [1.29, 1.82) is 0 Å². The largest absolute Gasteiger partial charge is 0.347 e. The maximum Gasteiger partial charge on any atom is 0.226 e. The number of carbonyl (C=O) groups excluding carboxylic acids is 1. The number of nitrogens with zero attached hydrogens (tertiary/aromatic N) is 3. The van der Waals surface area contributed by atoms with Gasteiger partial charge in [0.2, 0.25) is 5.91 Å². The lowest BCUT2D eigenvalue weighted by Gasteiger charge is -2.10. The van der Waals surface area contributed by atoms with Crippen LogP contribution in [0.4, 0.5) is 10.1 Å². The summed E-state index contributed by atoms with van der Waals surface area (Å²) in [4.78, 5) is 12.3. The van der Waals surface area contributed by atoms with E-state index in [2.05, 4.69) is 10.4 Å². The number of amides is 1. The number of nitrogens with one attached hydrogen (secondary N) is 1. The third kappa shape index (κ3) is 3.53. The fraction of sp³-hybridized carbons (Fsp3) is 0.182. The van der Waals surface area contributed by atoms with Gasteiger partial charge in [0, 0.05) is 36.1 Å². The van der Waals surface area contributed by atoms with Crippen molar-refractivity contribution in [2.75, 3.05) is 5.32 Å². The number of benzene rings is 2. The second kappa shape index (κ2) is 7.31. The molecule has 0 aliphatic rings. The molecule has 1 amide bonds. The van der Waals surface area contributed by atoms with Crippen molar-refractivity contribution in [2.24, 2.45) is 0 Å². The Kier molecular flexibility index (Phi) is 4.69. The Bertz CT molecular complexity index is 1160. The summed E-state index contributed by atoms with van der Waals surface area (Å²) in [6.45, 7) is 4.30. The van der Waals surface area contributed by atoms with Crippen LogP contribution in [-0.4, -0.2) is 20.3 Å². The molecule has 6 heteroatoms. The first-order valence-electron chi connectivity index (χ1n) is 9.18. The third-order valence-corrected chi connectivity index (χ3v) is 4.73. The predicted octanol–water partition coefficient (Wildman–Crippen LogP) is 4.61. The van der Waals surface area contributed by atoms with Crippen molar-refractivity contribution >= 4 is 22.5 Å². The van der Waals surface area contributed by atoms with Crippen LogP contribution in [0, 0.1) is 19.7 Å². The topological polar surface area (TPSA) is 51.9 Å². The molecule has 0 aliphatic heterocycles. The normalized spacial score (nSPS) is 11.1. The van der Waals surface area contributed by atoms with Crippen LogP contribution in [-0.2, 0) is 11.3 Å². The van der Waals surface area contributed by atoms with E-state index in [4.69, 9.17) is 0 Å². The Hall–Kier alpha value is -3.41. The third-order valence-electron chi connectivity index (χ3n) is 4.73. The van der Waals surface area contributed by atoms with Crippen LogP contribution in [0.3, 0.4) is 0 Å². The molecule has 1 N–H and O–H groups in total. The van der Waals surface area contributed by atoms with E-state index in [1.54, 1.807) is 16.8 Å². The van der Waals surface area contributed by atoms with Gasteiger partial charge in [-0.15, -0.1) is 0 Å². The SMILES string of the molecule is Cc1cc(C)n(-c2ccc(NC(=O)CCn3ccc4ccccc43)cc2F)n1. The highest BCUT2D eigenvalue weighted by atomic mass is 19.1. The summed E-state index contributed by atoms with van der Waals surface area (Å²) in [5.74, 6) is -0.587. The van der Waals surface area contributed by atoms with E-state index in [9.17, 15) is 9.18 Å². The second-order valence-corrected chi connectivity index (χ2v) is 6.87. The smallest absolute Gasteiger partial charge is 0.226 e. The van der Waals surface area contributed by atoms with Crippen LogP contribution < -0.4 is 5.32 Å². The number of hydrogen-bond acceptors (Lipinski definition) is 2. The Morgan fingerprint density at radius 3 is 2.68 bits per heavy atom. The molecule has 0 aliphatic carbocycles. The van der Waals surface area contributed by atoms with Gasteiger partial charge in [-0.1, -0.05) is 18.2 Å². The second-order valence-electron chi connectivity index (χ2n) is 6.87. The molecule has 2 aromatic carbocycles. The van der Waals surface area contributed by atoms with Gasteiger partial charge in [-0.3, -0.25) is 4.79 Å². The number of carbonyl (C=O) groups is 1. The number of fused-ring (bicyclic) bond motifs is 1. The zero-order valence-electron chi connectivity index (χ0n) is 15.8. The summed E-state index contributed by atoms with van der Waals surface area (Å²) >= 11 is 0. The fourth-order valence-corrected chi connectivity index (χ4v) is 3.41. The number of rotatable bonds is 5. The molecule has 0 bridgehead atoms. The molecule has 0 saturated carbocycles. The first kappa shape index (κ1) is 18.0. The zero-order chi connectivity index (χ0) is 19.7. The Morgan fingerprint density at radius 2 is 1.93 bits per heavy atom. The summed E-state index contributed by atoms with van der Waals surface area (Å²) in [6, 6.07) is 16.6. The monoisotopic (exact) mass is 376 g/mol. The molecule has 0 fully saturated rings. The summed E-state index contributed by atoms with van der Waals surface area (Å²) in [6.07, 6.45) is 2.28. The molecule has 0 radical (unpaired) electrons. The van der Waals surface area contributed by atoms with Crippen molar-refractivity contribution in [3.63, 3.8) is 0 Å². The predicted molar refractivity (Wildman–Crippen MR) is 108 cm³/mol. The summed E-state index contributed by atoms with van der Waals surface area (Å²) < 4.78 is 18.1. The average Bonchev–Trinajstić information content (AvgIpc) is 3.23. The number of aromatic nitrogens is 3. The molecule has 2 aromatic heterocycles. The van der Waals surface area contributed by atoms with Crippen LogP contribution >= 0.6 is 0 Å². The van der Waals surface area contributed by atoms with Gasteiger partial charge in [0.15, 0.2) is 5.82 Å². The Labute approximate surface area is 162 Å². The van der Waals surface area contributed by atoms with Gasteiger partial charge in [0.1, 0.15) is 5.69 Å². The fourth-order valence-electron chi connectivity index (χ4n) is 3.41. The van der Waals surface area contributed by atoms with Gasteiger partial charge >= 0.3 is 0 Å². The maximum absolute atomic E-state index is 14.5. The van der Waals surface area contributed by atoms with Gasteiger partial charge in [-0.2, -0.15) is 5.10 Å². The molecule has 4 rings (SSSR count). The summed E-state index contributed by atoms with van der Waals surface area (Å²) in [5, 5.41) is 8.21. The quantitative estimate of drug-likeness (QED) is 0.553. The van der Waals surface area contributed by atoms with Crippen LogP contribution in [0.15, 0.2) is 60.8 Å². The van der Waals surface area contributed by atoms with Crippen molar-refractivity contribution in [1.82, 2.24) is 14.3 Å². The van der Waals surface area contributed by atoms with Crippen LogP contribution in [0.25, 0.3) is 16.6 Å². The Morgan fingerprint density at radius 1 is 1.11 bits per heavy atom. The van der Waals surface area contributed by atoms with Gasteiger partial charge in [-0.05, 0) is 55.6 Å². The highest BCUT2D eigenvalue weighted by Gasteiger charge is 2.11. The van der Waals surface area contributed by atoms with E-state index in [1.807, 2.05) is 61.0 Å². The lowest BCUT2D eigenvalue weighted by atomic mass is 10.2. The summed E-state index contributed by atoms with van der Waals surface area (Å²) in [7, 11) is 0. The molecule has 2 heterocycles. The van der Waals surface area contributed by atoms with Crippen molar-refractivity contribution in [3.8, 4) is 5.69 Å². The van der Waals surface area contributed by atoms with Crippen molar-refractivity contribution in [2.45, 2.75) is 26.8 Å². The minimum absolute atomic E-state index is 0.156. The van der Waals surface area contributed by atoms with E-state index in [1.165, 1.54) is 6.07 Å². The summed E-state index contributed by atoms with van der Waals surface area (Å²) in [5.41, 5.74) is 3.57. The molecule has 5 nitrogen and oxygen atoms in total. The van der Waals surface area contributed by atoms with Crippen LogP contribution in [0.1, 0.15) is 17.8 Å². The molecule has 0 unspecified atom stereocenters. The van der Waals surface area contributed by atoms with E-state index in [-0.39, 0.29) is 5.91 Å². The van der Waals surface area contributed by atoms with Crippen LogP contribution in [0.2, 0.25) is 0 Å². The van der Waals surface area contributed by atoms with E-state index in [0.29, 0.717) is 24.3 Å². The minimum atomic E-state index is -0.430. The van der Waals surface area contributed by atoms with Crippen molar-refractivity contribution in [3.05, 3.63) is 78.0 Å². The van der Waals surface area contributed by atoms with E-state index >= 15 is 0 Å². The number of para-hydroxylation sites is 1. The number of anilines is 1. The standard InChI is InChI=1S/C22H21FN4O/c1-15-13-16(2)27(25-15)21-8-7-18(14-19(21)23)24-22(28)10-12-26-11-9-17-5-3-4-6-20(17)26/h3-9,11,13-14H,10,12H2,1-2H3,(H,24,28). The number of halogens is 1. The molecule has 4 aromatic rings. The maximum atomic E-state index is 14.5. The lowest BCUT2D eigenvalue weighted by Crippen LogP contribution is -2.14. The molecular formula is C22H21FN4O.